The molecule has 2 fully saturated rings. The van der Waals surface area contributed by atoms with Crippen LogP contribution in [0, 0.1) is 22.7 Å². The van der Waals surface area contributed by atoms with Crippen molar-refractivity contribution in [1.29, 1.82) is 5.41 Å². The van der Waals surface area contributed by atoms with Crippen molar-refractivity contribution >= 4 is 48.6 Å². The Labute approximate surface area is 215 Å². The monoisotopic (exact) mass is 534 g/mol. The molecule has 4 N–H and O–H groups in total. The first-order valence-electron chi connectivity index (χ1n) is 10.6. The highest BCUT2D eigenvalue weighted by atomic mass is 35.5. The van der Waals surface area contributed by atoms with E-state index >= 15 is 0 Å². The van der Waals surface area contributed by atoms with Crippen molar-refractivity contribution in [2.45, 2.75) is 29.6 Å². The van der Waals surface area contributed by atoms with Crippen LogP contribution in [0.2, 0.25) is 5.02 Å². The lowest BCUT2D eigenvalue weighted by Gasteiger charge is -2.32. The molecule has 0 unspecified atom stereocenters. The van der Waals surface area contributed by atoms with Crippen LogP contribution in [0.1, 0.15) is 28.9 Å². The summed E-state index contributed by atoms with van der Waals surface area (Å²) < 4.78 is 37.5. The number of hydrogen-bond donors (Lipinski definition) is 4. The molecule has 0 aliphatic heterocycles. The highest BCUT2D eigenvalue weighted by Gasteiger charge is 2.94. The third-order valence-electron chi connectivity index (χ3n) is 6.25. The Balaban J connectivity index is 1.49. The average molecular weight is 535 g/mol. The molecule has 0 bridgehead atoms. The molecule has 1 amide bonds. The van der Waals surface area contributed by atoms with Crippen LogP contribution in [0.25, 0.3) is 0 Å². The number of benzene rings is 1. The van der Waals surface area contributed by atoms with Gasteiger partial charge in [-0.05, 0) is 43.3 Å². The maximum atomic E-state index is 14.5. The number of carbonyl (C=O) groups excluding carboxylic acids is 1. The van der Waals surface area contributed by atoms with E-state index < -0.39 is 34.1 Å². The zero-order valence-electron chi connectivity index (χ0n) is 18.7. The number of nitrogens with one attached hydrogen (secondary N) is 2. The molecule has 1 atom stereocenters. The Kier molecular flexibility index (Phi) is 6.81. The number of nitrogens with zero attached hydrogens (tertiary/aromatic N) is 3. The number of rotatable bonds is 9. The summed E-state index contributed by atoms with van der Waals surface area (Å²) in [5.74, 6) is 4.98. The number of ether oxygens (including phenoxy) is 2. The Bertz CT molecular complexity index is 1280. The van der Waals surface area contributed by atoms with Gasteiger partial charge in [0.1, 0.15) is 16.0 Å². The number of amides is 1. The molecule has 188 valence electrons. The van der Waals surface area contributed by atoms with Crippen LogP contribution in [0.5, 0.6) is 5.88 Å². The minimum atomic E-state index is -2.92. The summed E-state index contributed by atoms with van der Waals surface area (Å²) in [6, 6.07) is 3.69. The molecule has 0 saturated heterocycles. The molecule has 1 aromatic carbocycles. The lowest BCUT2D eigenvalue weighted by molar-refractivity contribution is 0.0718. The van der Waals surface area contributed by atoms with Gasteiger partial charge in [-0.2, -0.15) is 12.6 Å². The van der Waals surface area contributed by atoms with Crippen LogP contribution >= 0.6 is 24.2 Å². The number of aliphatic imine (C=N–C) groups is 1. The maximum Gasteiger partial charge on any atom is 0.279 e. The smallest absolute Gasteiger partial charge is 0.279 e. The predicted molar refractivity (Wildman–Crippen MR) is 133 cm³/mol. The Morgan fingerprint density at radius 2 is 2.14 bits per heavy atom. The number of thiol groups is 1. The molecular weight excluding hydrogens is 514 g/mol. The van der Waals surface area contributed by atoms with Gasteiger partial charge in [-0.25, -0.2) is 18.7 Å². The lowest BCUT2D eigenvalue weighted by Crippen LogP contribution is -2.35. The van der Waals surface area contributed by atoms with Gasteiger partial charge in [-0.1, -0.05) is 23.4 Å². The normalized spacial score (nSPS) is 22.8. The number of halogens is 3. The van der Waals surface area contributed by atoms with Gasteiger partial charge in [0.2, 0.25) is 5.88 Å². The number of carbonyl (C=O) groups is 1. The van der Waals surface area contributed by atoms with E-state index in [0.717, 1.165) is 0 Å². The van der Waals surface area contributed by atoms with Crippen LogP contribution in [0.3, 0.4) is 0 Å². The second-order valence-corrected chi connectivity index (χ2v) is 9.49. The summed E-state index contributed by atoms with van der Waals surface area (Å²) in [6.07, 6.45) is 0.0880. The van der Waals surface area contributed by atoms with Crippen molar-refractivity contribution in [1.82, 2.24) is 9.97 Å². The summed E-state index contributed by atoms with van der Waals surface area (Å²) >= 11 is 10.7. The molecule has 9 nitrogen and oxygen atoms in total. The highest BCUT2D eigenvalue weighted by Crippen LogP contribution is 2.88. The maximum absolute atomic E-state index is 14.5. The molecule has 0 radical (unpaired) electrons. The van der Waals surface area contributed by atoms with Gasteiger partial charge in [-0.15, -0.1) is 0 Å². The quantitative estimate of drug-likeness (QED) is 0.169. The topological polar surface area (TPSA) is 136 Å². The van der Waals surface area contributed by atoms with Crippen LogP contribution in [-0.2, 0) is 9.48 Å². The minimum absolute atomic E-state index is 0.0244. The van der Waals surface area contributed by atoms with E-state index in [0.29, 0.717) is 6.54 Å². The number of nitrogens with two attached hydrogens (primary N) is 1. The average Bonchev–Trinajstić information content (AvgIpc) is 3.66. The van der Waals surface area contributed by atoms with E-state index in [4.69, 9.17) is 32.2 Å². The molecule has 13 heteroatoms. The van der Waals surface area contributed by atoms with Gasteiger partial charge in [0, 0.05) is 16.1 Å². The zero-order chi connectivity index (χ0) is 26.1. The summed E-state index contributed by atoms with van der Waals surface area (Å²) in [5.41, 5.74) is 3.57. The molecule has 4 rings (SSSR count). The number of alkyl halides is 2. The summed E-state index contributed by atoms with van der Waals surface area (Å²) in [4.78, 5) is 24.3. The number of amidine groups is 1. The number of aromatic nitrogens is 2. The van der Waals surface area contributed by atoms with E-state index in [-0.39, 0.29) is 47.3 Å². The highest BCUT2D eigenvalue weighted by molar-refractivity contribution is 7.81. The van der Waals surface area contributed by atoms with E-state index in [1.54, 1.807) is 0 Å². The zero-order valence-corrected chi connectivity index (χ0v) is 20.4. The first-order valence-corrected chi connectivity index (χ1v) is 11.4. The molecule has 2 aromatic rings. The number of hydrogen-bond acceptors (Lipinski definition) is 8. The van der Waals surface area contributed by atoms with Gasteiger partial charge >= 0.3 is 0 Å². The largest absolute Gasteiger partial charge is 0.463 e. The van der Waals surface area contributed by atoms with Gasteiger partial charge in [0.25, 0.3) is 18.4 Å². The minimum Gasteiger partial charge on any atom is -0.463 e. The van der Waals surface area contributed by atoms with Crippen molar-refractivity contribution < 1.29 is 23.0 Å². The molecule has 2 aliphatic carbocycles. The molecule has 0 spiro atoms. The van der Waals surface area contributed by atoms with Crippen molar-refractivity contribution in [3.8, 4) is 17.7 Å². The van der Waals surface area contributed by atoms with E-state index in [2.05, 4.69) is 51.5 Å². The standard InChI is InChI=1S/C23H21ClF2N6O3S/c1-29-6-2-3-7-34-17-10-30-16(9-31-17)18(33)32-13-4-5-15(24)14(8-13)23(36,19(25)26)21-11-22(21,12-21)35-20(27)28/h4-5,8-10,19,36H,1,6-7,11-12H2,(H3,27,28)(H,32,33)/t21?,22?,23-/m1/s1. The van der Waals surface area contributed by atoms with E-state index in [1.165, 1.54) is 30.6 Å². The molecule has 2 saturated carbocycles. The first-order chi connectivity index (χ1) is 17.1. The van der Waals surface area contributed by atoms with Crippen molar-refractivity contribution in [2.24, 2.45) is 16.1 Å². The first kappa shape index (κ1) is 25.7. The summed E-state index contributed by atoms with van der Waals surface area (Å²) in [5, 5.41) is 10.0. The molecule has 1 heterocycles. The van der Waals surface area contributed by atoms with Gasteiger partial charge in [0.05, 0.1) is 18.9 Å². The van der Waals surface area contributed by atoms with Crippen LogP contribution in [0.4, 0.5) is 14.5 Å². The fraction of sp³-hybridized carbons (Fsp3) is 0.348. The SMILES string of the molecule is C=NCC#CCOc1cnc(C(=O)Nc2ccc(Cl)c([C@@](S)(C(F)F)C34CC3(OC(=N)N)C4)c2)cn1. The van der Waals surface area contributed by atoms with Crippen LogP contribution < -0.4 is 15.8 Å². The van der Waals surface area contributed by atoms with Gasteiger partial charge in [-0.3, -0.25) is 15.2 Å². The molecular formula is C23H21ClF2N6O3S. The Morgan fingerprint density at radius 1 is 1.39 bits per heavy atom. The number of fused-ring (bicyclic) bond motifs is 1. The van der Waals surface area contributed by atoms with Crippen molar-refractivity contribution in [2.75, 3.05) is 18.5 Å². The summed E-state index contributed by atoms with van der Waals surface area (Å²) in [7, 11) is 0. The lowest BCUT2D eigenvalue weighted by atomic mass is 9.87. The second-order valence-electron chi connectivity index (χ2n) is 8.38. The van der Waals surface area contributed by atoms with Crippen molar-refractivity contribution in [3.05, 3.63) is 46.9 Å². The van der Waals surface area contributed by atoms with E-state index in [9.17, 15) is 13.6 Å². The molecule has 36 heavy (non-hydrogen) atoms. The van der Waals surface area contributed by atoms with Gasteiger partial charge in [0.15, 0.2) is 6.61 Å². The fourth-order valence-corrected chi connectivity index (χ4v) is 5.17. The third-order valence-corrected chi connectivity index (χ3v) is 7.44. The van der Waals surface area contributed by atoms with Crippen LogP contribution in [-0.4, -0.2) is 53.8 Å². The number of anilines is 1. The predicted octanol–water partition coefficient (Wildman–Crippen LogP) is 3.30. The Hall–Kier alpha value is -3.43. The summed E-state index contributed by atoms with van der Waals surface area (Å²) in [6.45, 7) is 3.68. The molecule has 2 aliphatic rings. The van der Waals surface area contributed by atoms with Gasteiger partial charge < -0.3 is 20.5 Å². The Morgan fingerprint density at radius 3 is 2.75 bits per heavy atom. The fourth-order valence-electron chi connectivity index (χ4n) is 4.29. The van der Waals surface area contributed by atoms with Crippen molar-refractivity contribution in [3.63, 3.8) is 0 Å². The second kappa shape index (κ2) is 9.55. The molecule has 1 aromatic heterocycles. The van der Waals surface area contributed by atoms with E-state index in [1.807, 2.05) is 0 Å². The van der Waals surface area contributed by atoms with Crippen LogP contribution in [0.15, 0.2) is 35.6 Å². The third kappa shape index (κ3) is 4.44.